The van der Waals surface area contributed by atoms with E-state index in [0.29, 0.717) is 12.0 Å². The lowest BCUT2D eigenvalue weighted by molar-refractivity contribution is 0.383. The summed E-state index contributed by atoms with van der Waals surface area (Å²) in [6.45, 7) is 6.18. The van der Waals surface area contributed by atoms with Gasteiger partial charge in [0.05, 0.1) is 0 Å². The summed E-state index contributed by atoms with van der Waals surface area (Å²) in [6.07, 6.45) is 0.581. The van der Waals surface area contributed by atoms with Gasteiger partial charge in [0.25, 0.3) is 0 Å². The van der Waals surface area contributed by atoms with Crippen molar-refractivity contribution in [3.05, 3.63) is 35.6 Å². The number of hydrogen-bond acceptors (Lipinski definition) is 0. The van der Waals surface area contributed by atoms with Gasteiger partial charge in [-0.15, -0.1) is 11.6 Å². The van der Waals surface area contributed by atoms with Crippen LogP contribution in [0.5, 0.6) is 0 Å². The number of rotatable bonds is 2. The zero-order chi connectivity index (χ0) is 10.8. The highest BCUT2D eigenvalue weighted by Gasteiger charge is 2.23. The van der Waals surface area contributed by atoms with Crippen LogP contribution in [0.1, 0.15) is 26.3 Å². The molecule has 0 saturated heterocycles. The van der Waals surface area contributed by atoms with E-state index in [1.807, 2.05) is 6.07 Å². The van der Waals surface area contributed by atoms with Crippen molar-refractivity contribution in [2.75, 3.05) is 0 Å². The smallest absolute Gasteiger partial charge is 0.126 e. The molecule has 0 bridgehead atoms. The van der Waals surface area contributed by atoms with E-state index in [1.54, 1.807) is 12.1 Å². The van der Waals surface area contributed by atoms with Gasteiger partial charge in [-0.2, -0.15) is 0 Å². The van der Waals surface area contributed by atoms with Crippen LogP contribution in [0.15, 0.2) is 24.3 Å². The second-order valence-electron chi connectivity index (χ2n) is 4.63. The summed E-state index contributed by atoms with van der Waals surface area (Å²) in [6, 6.07) is 6.79. The van der Waals surface area contributed by atoms with E-state index < -0.39 is 0 Å². The van der Waals surface area contributed by atoms with Crippen LogP contribution >= 0.6 is 11.6 Å². The first-order valence-corrected chi connectivity index (χ1v) is 5.22. The van der Waals surface area contributed by atoms with Crippen molar-refractivity contribution in [3.8, 4) is 0 Å². The van der Waals surface area contributed by atoms with Crippen LogP contribution in [0.25, 0.3) is 0 Å². The first-order valence-electron chi connectivity index (χ1n) is 4.79. The van der Waals surface area contributed by atoms with E-state index in [1.165, 1.54) is 6.07 Å². The molecule has 0 aliphatic heterocycles. The Morgan fingerprint density at radius 1 is 1.29 bits per heavy atom. The zero-order valence-corrected chi connectivity index (χ0v) is 9.61. The third kappa shape index (κ3) is 2.98. The summed E-state index contributed by atoms with van der Waals surface area (Å²) in [5.74, 6) is -0.164. The molecule has 14 heavy (non-hydrogen) atoms. The van der Waals surface area contributed by atoms with Crippen molar-refractivity contribution >= 4 is 11.6 Å². The molecule has 1 rings (SSSR count). The molecule has 0 aromatic heterocycles. The average molecular weight is 215 g/mol. The summed E-state index contributed by atoms with van der Waals surface area (Å²) in [5.41, 5.74) is 0.700. The van der Waals surface area contributed by atoms with E-state index in [4.69, 9.17) is 11.6 Å². The first-order chi connectivity index (χ1) is 6.41. The highest BCUT2D eigenvalue weighted by Crippen LogP contribution is 2.27. The third-order valence-corrected chi connectivity index (χ3v) is 3.11. The van der Waals surface area contributed by atoms with Crippen LogP contribution in [-0.4, -0.2) is 5.38 Å². The fourth-order valence-corrected chi connectivity index (χ4v) is 1.33. The average Bonchev–Trinajstić information content (AvgIpc) is 2.07. The highest BCUT2D eigenvalue weighted by atomic mass is 35.5. The minimum absolute atomic E-state index is 0.00381. The molecule has 0 saturated carbocycles. The van der Waals surface area contributed by atoms with Gasteiger partial charge in [-0.25, -0.2) is 4.39 Å². The topological polar surface area (TPSA) is 0 Å². The highest BCUT2D eigenvalue weighted by molar-refractivity contribution is 6.21. The maximum absolute atomic E-state index is 13.3. The standard InChI is InChI=1S/C12H16ClF/c1-12(2,3)11(13)8-9-6-4-5-7-10(9)14/h4-7,11H,8H2,1-3H3. The molecule has 0 aliphatic rings. The Labute approximate surface area is 90.1 Å². The molecule has 0 aliphatic carbocycles. The quantitative estimate of drug-likeness (QED) is 0.653. The molecule has 1 atom stereocenters. The van der Waals surface area contributed by atoms with Crippen LogP contribution < -0.4 is 0 Å². The van der Waals surface area contributed by atoms with Gasteiger partial charge in [0.15, 0.2) is 0 Å². The largest absolute Gasteiger partial charge is 0.207 e. The Kier molecular flexibility index (Phi) is 3.54. The molecule has 1 aromatic carbocycles. The summed E-state index contributed by atoms with van der Waals surface area (Å²) in [7, 11) is 0. The lowest BCUT2D eigenvalue weighted by atomic mass is 9.88. The number of halogens is 2. The van der Waals surface area contributed by atoms with Crippen LogP contribution in [0.4, 0.5) is 4.39 Å². The molecule has 0 amide bonds. The lowest BCUT2D eigenvalue weighted by Gasteiger charge is -2.25. The van der Waals surface area contributed by atoms with Gasteiger partial charge in [0.2, 0.25) is 0 Å². The van der Waals surface area contributed by atoms with Crippen LogP contribution in [0.2, 0.25) is 0 Å². The van der Waals surface area contributed by atoms with Crippen molar-refractivity contribution in [1.29, 1.82) is 0 Å². The molecular formula is C12H16ClF. The maximum Gasteiger partial charge on any atom is 0.126 e. The van der Waals surface area contributed by atoms with Crippen molar-refractivity contribution < 1.29 is 4.39 Å². The molecule has 0 fully saturated rings. The number of hydrogen-bond donors (Lipinski definition) is 0. The van der Waals surface area contributed by atoms with Gasteiger partial charge in [-0.05, 0) is 23.5 Å². The van der Waals surface area contributed by atoms with E-state index in [2.05, 4.69) is 20.8 Å². The van der Waals surface area contributed by atoms with Crippen LogP contribution in [-0.2, 0) is 6.42 Å². The second-order valence-corrected chi connectivity index (χ2v) is 5.16. The molecule has 0 nitrogen and oxygen atoms in total. The molecule has 78 valence electrons. The lowest BCUT2D eigenvalue weighted by Crippen LogP contribution is -2.23. The fraction of sp³-hybridized carbons (Fsp3) is 0.500. The minimum Gasteiger partial charge on any atom is -0.207 e. The maximum atomic E-state index is 13.3. The molecule has 0 spiro atoms. The van der Waals surface area contributed by atoms with E-state index in [9.17, 15) is 4.39 Å². The van der Waals surface area contributed by atoms with Crippen LogP contribution in [0, 0.1) is 11.2 Å². The van der Waals surface area contributed by atoms with Crippen molar-refractivity contribution in [2.45, 2.75) is 32.6 Å². The molecule has 0 N–H and O–H groups in total. The third-order valence-electron chi connectivity index (χ3n) is 2.30. The summed E-state index contributed by atoms with van der Waals surface area (Å²) in [4.78, 5) is 0. The summed E-state index contributed by atoms with van der Waals surface area (Å²) in [5, 5.41) is -0.0422. The Morgan fingerprint density at radius 2 is 1.86 bits per heavy atom. The first kappa shape index (κ1) is 11.5. The number of benzene rings is 1. The summed E-state index contributed by atoms with van der Waals surface area (Å²) < 4.78 is 13.3. The molecular weight excluding hydrogens is 199 g/mol. The molecule has 2 heteroatoms. The minimum atomic E-state index is -0.164. The Balaban J connectivity index is 2.75. The SMILES string of the molecule is CC(C)(C)C(Cl)Cc1ccccc1F. The van der Waals surface area contributed by atoms with Gasteiger partial charge in [-0.3, -0.25) is 0 Å². The number of alkyl halides is 1. The molecule has 0 heterocycles. The van der Waals surface area contributed by atoms with E-state index >= 15 is 0 Å². The second kappa shape index (κ2) is 4.31. The Hall–Kier alpha value is -0.560. The van der Waals surface area contributed by atoms with Gasteiger partial charge >= 0.3 is 0 Å². The van der Waals surface area contributed by atoms with Gasteiger partial charge in [0, 0.05) is 5.38 Å². The molecule has 1 aromatic rings. The molecule has 1 unspecified atom stereocenters. The Morgan fingerprint density at radius 3 is 2.36 bits per heavy atom. The molecule has 0 radical (unpaired) electrons. The van der Waals surface area contributed by atoms with Gasteiger partial charge in [-0.1, -0.05) is 39.0 Å². The predicted octanol–water partition coefficient (Wildman–Crippen LogP) is 4.02. The van der Waals surface area contributed by atoms with Crippen LogP contribution in [0.3, 0.4) is 0 Å². The van der Waals surface area contributed by atoms with E-state index in [-0.39, 0.29) is 16.6 Å². The van der Waals surface area contributed by atoms with Gasteiger partial charge < -0.3 is 0 Å². The monoisotopic (exact) mass is 214 g/mol. The summed E-state index contributed by atoms with van der Waals surface area (Å²) >= 11 is 6.20. The Bertz CT molecular complexity index is 301. The normalized spacial score (nSPS) is 14.1. The zero-order valence-electron chi connectivity index (χ0n) is 8.85. The van der Waals surface area contributed by atoms with Gasteiger partial charge in [0.1, 0.15) is 5.82 Å². The predicted molar refractivity (Wildman–Crippen MR) is 59.2 cm³/mol. The van der Waals surface area contributed by atoms with Crippen molar-refractivity contribution in [1.82, 2.24) is 0 Å². The fourth-order valence-electron chi connectivity index (χ4n) is 1.16. The van der Waals surface area contributed by atoms with Crippen molar-refractivity contribution in [3.63, 3.8) is 0 Å². The van der Waals surface area contributed by atoms with Crippen molar-refractivity contribution in [2.24, 2.45) is 5.41 Å². The van der Waals surface area contributed by atoms with E-state index in [0.717, 1.165) is 0 Å².